The van der Waals surface area contributed by atoms with Crippen molar-refractivity contribution >= 4 is 33.4 Å². The molecule has 4 nitrogen and oxygen atoms in total. The minimum absolute atomic E-state index is 0.611. The molecule has 1 N–H and O–H groups in total. The van der Waals surface area contributed by atoms with Crippen LogP contribution < -0.4 is 10.2 Å². The molecule has 0 saturated carbocycles. The molecule has 2 aromatic carbocycles. The number of nitrogens with zero attached hydrogens (tertiary/aromatic N) is 3. The van der Waals surface area contributed by atoms with Crippen LogP contribution in [0.15, 0.2) is 65.1 Å². The monoisotopic (exact) mass is 396 g/mol. The lowest BCUT2D eigenvalue weighted by Crippen LogP contribution is -2.23. The number of aryl methyl sites for hydroxylation is 1. The molecule has 1 heterocycles. The van der Waals surface area contributed by atoms with Gasteiger partial charge in [0.05, 0.1) is 0 Å². The molecule has 3 aromatic rings. The lowest BCUT2D eigenvalue weighted by Gasteiger charge is -2.23. The van der Waals surface area contributed by atoms with Crippen LogP contribution in [-0.4, -0.2) is 16.5 Å². The van der Waals surface area contributed by atoms with E-state index in [9.17, 15) is 0 Å². The Balaban J connectivity index is 1.84. The Morgan fingerprint density at radius 1 is 1.00 bits per heavy atom. The van der Waals surface area contributed by atoms with E-state index in [1.54, 1.807) is 0 Å². The molecule has 0 radical (unpaired) electrons. The largest absolute Gasteiger partial charge is 0.352 e. The summed E-state index contributed by atoms with van der Waals surface area (Å²) in [4.78, 5) is 11.5. The molecule has 0 aliphatic carbocycles. The summed E-state index contributed by atoms with van der Waals surface area (Å²) >= 11 is 3.49. The molecule has 0 aliphatic heterocycles. The first-order valence-electron chi connectivity index (χ1n) is 8.31. The number of anilines is 3. The normalized spacial score (nSPS) is 10.5. The Bertz CT molecular complexity index is 836. The van der Waals surface area contributed by atoms with E-state index >= 15 is 0 Å². The number of aromatic nitrogens is 2. The Hall–Kier alpha value is -2.40. The highest BCUT2D eigenvalue weighted by molar-refractivity contribution is 9.10. The van der Waals surface area contributed by atoms with Gasteiger partial charge in [-0.2, -0.15) is 4.98 Å². The number of nitrogens with one attached hydrogen (secondary N) is 1. The van der Waals surface area contributed by atoms with Gasteiger partial charge in [-0.05, 0) is 37.6 Å². The molecule has 0 amide bonds. The summed E-state index contributed by atoms with van der Waals surface area (Å²) < 4.78 is 1.02. The molecule has 0 aliphatic rings. The predicted molar refractivity (Wildman–Crippen MR) is 107 cm³/mol. The first-order valence-corrected chi connectivity index (χ1v) is 9.10. The highest BCUT2D eigenvalue weighted by Crippen LogP contribution is 2.22. The van der Waals surface area contributed by atoms with Gasteiger partial charge in [-0.3, -0.25) is 0 Å². The van der Waals surface area contributed by atoms with E-state index in [1.165, 1.54) is 5.56 Å². The van der Waals surface area contributed by atoms with Crippen molar-refractivity contribution in [3.8, 4) is 0 Å². The van der Waals surface area contributed by atoms with Gasteiger partial charge in [-0.25, -0.2) is 4.98 Å². The summed E-state index contributed by atoms with van der Waals surface area (Å²) in [6.45, 7) is 5.83. The number of benzene rings is 2. The summed E-state index contributed by atoms with van der Waals surface area (Å²) in [5.74, 6) is 1.54. The predicted octanol–water partition coefficient (Wildman–Crippen LogP) is 5.32. The van der Waals surface area contributed by atoms with E-state index in [-0.39, 0.29) is 0 Å². The van der Waals surface area contributed by atoms with Gasteiger partial charge < -0.3 is 10.2 Å². The molecule has 3 rings (SSSR count). The molecular weight excluding hydrogens is 376 g/mol. The molecule has 0 saturated heterocycles. The van der Waals surface area contributed by atoms with Crippen molar-refractivity contribution in [1.29, 1.82) is 0 Å². The van der Waals surface area contributed by atoms with E-state index in [1.807, 2.05) is 43.3 Å². The second kappa shape index (κ2) is 8.12. The maximum Gasteiger partial charge on any atom is 0.229 e. The first-order chi connectivity index (χ1) is 12.1. The summed E-state index contributed by atoms with van der Waals surface area (Å²) in [5.41, 5.74) is 3.16. The summed E-state index contributed by atoms with van der Waals surface area (Å²) in [6.07, 6.45) is 0. The molecule has 128 valence electrons. The second-order valence-electron chi connectivity index (χ2n) is 5.83. The van der Waals surface area contributed by atoms with Crippen molar-refractivity contribution in [1.82, 2.24) is 9.97 Å². The van der Waals surface area contributed by atoms with E-state index in [0.717, 1.165) is 34.8 Å². The van der Waals surface area contributed by atoms with Gasteiger partial charge in [0.25, 0.3) is 0 Å². The second-order valence-corrected chi connectivity index (χ2v) is 6.74. The first kappa shape index (κ1) is 17.4. The van der Waals surface area contributed by atoms with E-state index in [0.29, 0.717) is 5.95 Å². The smallest absolute Gasteiger partial charge is 0.229 e. The maximum absolute atomic E-state index is 4.71. The molecule has 25 heavy (non-hydrogen) atoms. The van der Waals surface area contributed by atoms with Crippen LogP contribution >= 0.6 is 15.9 Å². The molecule has 0 bridgehead atoms. The molecule has 0 spiro atoms. The van der Waals surface area contributed by atoms with Crippen LogP contribution in [0.25, 0.3) is 0 Å². The van der Waals surface area contributed by atoms with Gasteiger partial charge >= 0.3 is 0 Å². The highest BCUT2D eigenvalue weighted by atomic mass is 79.9. The van der Waals surface area contributed by atoms with Crippen LogP contribution in [-0.2, 0) is 6.54 Å². The summed E-state index contributed by atoms with van der Waals surface area (Å²) in [7, 11) is 0. The Kier molecular flexibility index (Phi) is 5.66. The Labute approximate surface area is 157 Å². The van der Waals surface area contributed by atoms with E-state index < -0.39 is 0 Å². The van der Waals surface area contributed by atoms with E-state index in [4.69, 9.17) is 4.98 Å². The lowest BCUT2D eigenvalue weighted by atomic mass is 10.2. The summed E-state index contributed by atoms with van der Waals surface area (Å²) in [5, 5.41) is 3.29. The fraction of sp³-hybridized carbons (Fsp3) is 0.200. The van der Waals surface area contributed by atoms with Crippen LogP contribution in [0.1, 0.15) is 18.2 Å². The number of hydrogen-bond donors (Lipinski definition) is 1. The minimum Gasteiger partial charge on any atom is -0.352 e. The fourth-order valence-corrected chi connectivity index (χ4v) is 3.02. The third-order valence-corrected chi connectivity index (χ3v) is 4.34. The minimum atomic E-state index is 0.611. The zero-order valence-corrected chi connectivity index (χ0v) is 16.0. The van der Waals surface area contributed by atoms with E-state index in [2.05, 4.69) is 62.3 Å². The van der Waals surface area contributed by atoms with Crippen LogP contribution in [0.4, 0.5) is 17.5 Å². The van der Waals surface area contributed by atoms with Gasteiger partial charge in [0, 0.05) is 35.0 Å². The van der Waals surface area contributed by atoms with Gasteiger partial charge in [-0.15, -0.1) is 0 Å². The zero-order chi connectivity index (χ0) is 17.6. The SMILES string of the molecule is CCN(Cc1ccccc1)c1cc(C)nc(Nc2cccc(Br)c2)n1. The number of rotatable bonds is 6. The highest BCUT2D eigenvalue weighted by Gasteiger charge is 2.10. The molecule has 0 unspecified atom stereocenters. The van der Waals surface area contributed by atoms with Gasteiger partial charge in [0.2, 0.25) is 5.95 Å². The van der Waals surface area contributed by atoms with Crippen LogP contribution in [0.5, 0.6) is 0 Å². The van der Waals surface area contributed by atoms with Crippen molar-refractivity contribution < 1.29 is 0 Å². The molecule has 5 heteroatoms. The van der Waals surface area contributed by atoms with Crippen molar-refractivity contribution in [3.05, 3.63) is 76.4 Å². The Morgan fingerprint density at radius 3 is 2.52 bits per heavy atom. The molecular formula is C20H21BrN4. The van der Waals surface area contributed by atoms with Crippen molar-refractivity contribution in [2.45, 2.75) is 20.4 Å². The zero-order valence-electron chi connectivity index (χ0n) is 14.4. The van der Waals surface area contributed by atoms with Crippen LogP contribution in [0.3, 0.4) is 0 Å². The molecule has 0 fully saturated rings. The van der Waals surface area contributed by atoms with Crippen molar-refractivity contribution in [2.24, 2.45) is 0 Å². The number of hydrogen-bond acceptors (Lipinski definition) is 4. The summed E-state index contributed by atoms with van der Waals surface area (Å²) in [6, 6.07) is 20.4. The van der Waals surface area contributed by atoms with Crippen LogP contribution in [0, 0.1) is 6.92 Å². The van der Waals surface area contributed by atoms with Gasteiger partial charge in [-0.1, -0.05) is 52.3 Å². The Morgan fingerprint density at radius 2 is 1.80 bits per heavy atom. The van der Waals surface area contributed by atoms with Crippen molar-refractivity contribution in [2.75, 3.05) is 16.8 Å². The van der Waals surface area contributed by atoms with Gasteiger partial charge in [0.15, 0.2) is 0 Å². The average Bonchev–Trinajstić information content (AvgIpc) is 2.60. The third kappa shape index (κ3) is 4.79. The molecule has 1 aromatic heterocycles. The average molecular weight is 397 g/mol. The quantitative estimate of drug-likeness (QED) is 0.612. The molecule has 0 atom stereocenters. The standard InChI is InChI=1S/C20H21BrN4/c1-3-25(14-16-8-5-4-6-9-16)19-12-15(2)22-20(24-19)23-18-11-7-10-17(21)13-18/h4-13H,3,14H2,1-2H3,(H,22,23,24). The number of halogens is 1. The lowest BCUT2D eigenvalue weighted by molar-refractivity contribution is 0.809. The van der Waals surface area contributed by atoms with Crippen LogP contribution in [0.2, 0.25) is 0 Å². The topological polar surface area (TPSA) is 41.1 Å². The third-order valence-electron chi connectivity index (χ3n) is 3.84. The maximum atomic E-state index is 4.71. The van der Waals surface area contributed by atoms with Crippen molar-refractivity contribution in [3.63, 3.8) is 0 Å². The fourth-order valence-electron chi connectivity index (χ4n) is 2.62. The van der Waals surface area contributed by atoms with Gasteiger partial charge in [0.1, 0.15) is 5.82 Å².